The first-order valence-electron chi connectivity index (χ1n) is 12.1. The zero-order chi connectivity index (χ0) is 26.3. The fraction of sp³-hybridized carbons (Fsp3) is 0.346. The van der Waals surface area contributed by atoms with Gasteiger partial charge in [0.1, 0.15) is 9.71 Å². The van der Waals surface area contributed by atoms with E-state index in [1.807, 2.05) is 20.8 Å². The molecule has 1 atom stereocenters. The summed E-state index contributed by atoms with van der Waals surface area (Å²) in [6.07, 6.45) is 6.06. The van der Waals surface area contributed by atoms with Crippen molar-refractivity contribution in [3.63, 3.8) is 0 Å². The molecule has 5 heterocycles. The molecule has 10 nitrogen and oxygen atoms in total. The molecule has 4 amide bonds. The molecule has 3 aromatic rings. The normalized spacial score (nSPS) is 17.1. The Morgan fingerprint density at radius 1 is 1.32 bits per heavy atom. The van der Waals surface area contributed by atoms with Gasteiger partial charge in [-0.1, -0.05) is 6.58 Å². The van der Waals surface area contributed by atoms with Crippen molar-refractivity contribution < 1.29 is 19.1 Å². The number of amides is 4. The molecule has 5 rings (SSSR count). The molecule has 3 aromatic heterocycles. The number of hydrogen-bond donors (Lipinski definition) is 2. The van der Waals surface area contributed by atoms with Crippen molar-refractivity contribution in [3.8, 4) is 5.88 Å². The maximum Gasteiger partial charge on any atom is 0.331 e. The van der Waals surface area contributed by atoms with Crippen LogP contribution in [0.4, 0.5) is 21.9 Å². The van der Waals surface area contributed by atoms with Gasteiger partial charge in [-0.3, -0.25) is 14.5 Å². The molecule has 1 fully saturated rings. The summed E-state index contributed by atoms with van der Waals surface area (Å²) in [5.74, 6) is 0.0362. The lowest BCUT2D eigenvalue weighted by Gasteiger charge is -2.32. The highest BCUT2D eigenvalue weighted by molar-refractivity contribution is 7.21. The third-order valence-corrected chi connectivity index (χ3v) is 7.45. The Bertz CT molecular complexity index is 1420. The number of nitrogens with one attached hydrogen (secondary N) is 2. The number of thiophene rings is 1. The molecule has 0 bridgehead atoms. The number of urea groups is 1. The Balaban J connectivity index is 1.46. The number of nitrogens with zero attached hydrogens (tertiary/aromatic N) is 4. The Labute approximate surface area is 218 Å². The van der Waals surface area contributed by atoms with Crippen LogP contribution in [0.3, 0.4) is 0 Å². The predicted molar refractivity (Wildman–Crippen MR) is 143 cm³/mol. The molecule has 2 N–H and O–H groups in total. The average molecular weight is 521 g/mol. The van der Waals surface area contributed by atoms with E-state index >= 15 is 0 Å². The first-order valence-corrected chi connectivity index (χ1v) is 13.0. The third-order valence-electron chi connectivity index (χ3n) is 6.35. The van der Waals surface area contributed by atoms with E-state index in [2.05, 4.69) is 27.2 Å². The van der Waals surface area contributed by atoms with E-state index in [0.29, 0.717) is 51.1 Å². The Hall–Kier alpha value is -3.99. The molecule has 11 heteroatoms. The number of aromatic nitrogens is 2. The maximum absolute atomic E-state index is 13.4. The molecule has 0 aliphatic carbocycles. The molecule has 0 saturated carbocycles. The molecule has 2 aliphatic heterocycles. The van der Waals surface area contributed by atoms with E-state index in [4.69, 9.17) is 4.74 Å². The summed E-state index contributed by atoms with van der Waals surface area (Å²) >= 11 is 1.23. The molecule has 0 radical (unpaired) electrons. The number of hydrogen-bond acceptors (Lipinski definition) is 7. The van der Waals surface area contributed by atoms with Gasteiger partial charge in [0, 0.05) is 31.4 Å². The number of rotatable bonds is 6. The van der Waals surface area contributed by atoms with E-state index in [1.165, 1.54) is 17.4 Å². The number of piperidine rings is 1. The topological polar surface area (TPSA) is 117 Å². The summed E-state index contributed by atoms with van der Waals surface area (Å²) in [4.78, 5) is 51.8. The van der Waals surface area contributed by atoms with Gasteiger partial charge in [0.25, 0.3) is 5.91 Å². The Kier molecular flexibility index (Phi) is 6.55. The monoisotopic (exact) mass is 520 g/mol. The second kappa shape index (κ2) is 9.81. The van der Waals surface area contributed by atoms with Gasteiger partial charge in [-0.2, -0.15) is 0 Å². The average Bonchev–Trinajstić information content (AvgIpc) is 3.24. The van der Waals surface area contributed by atoms with Crippen LogP contribution >= 0.6 is 11.3 Å². The van der Waals surface area contributed by atoms with Crippen LogP contribution in [-0.4, -0.2) is 57.9 Å². The second-order valence-corrected chi connectivity index (χ2v) is 10.4. The van der Waals surface area contributed by atoms with Gasteiger partial charge in [-0.05, 0) is 51.3 Å². The SMILES string of the molecule is C=CC(=O)N1CCC[C@@H](NC(=O)c2sc3nccc4c3c2NC(=O)N4c2cnc(OC(C)C)cc2C)C1. The quantitative estimate of drug-likeness (QED) is 0.466. The number of likely N-dealkylation sites (tertiary alicyclic amines) is 1. The molecule has 192 valence electrons. The molecule has 0 unspecified atom stereocenters. The first-order chi connectivity index (χ1) is 17.8. The lowest BCUT2D eigenvalue weighted by atomic mass is 10.1. The summed E-state index contributed by atoms with van der Waals surface area (Å²) < 4.78 is 5.69. The van der Waals surface area contributed by atoms with Crippen molar-refractivity contribution in [2.75, 3.05) is 23.3 Å². The van der Waals surface area contributed by atoms with Crippen LogP contribution in [0, 0.1) is 6.92 Å². The molecule has 2 aliphatic rings. The fourth-order valence-corrected chi connectivity index (χ4v) is 5.74. The number of carbonyl (C=O) groups excluding carboxylic acids is 3. The first kappa shape index (κ1) is 24.7. The van der Waals surface area contributed by atoms with Crippen molar-refractivity contribution in [3.05, 3.63) is 47.6 Å². The van der Waals surface area contributed by atoms with Crippen LogP contribution < -0.4 is 20.3 Å². The largest absolute Gasteiger partial charge is 0.475 e. The van der Waals surface area contributed by atoms with Crippen LogP contribution in [0.15, 0.2) is 37.2 Å². The highest BCUT2D eigenvalue weighted by atomic mass is 32.1. The molecule has 1 saturated heterocycles. The summed E-state index contributed by atoms with van der Waals surface area (Å²) in [6, 6.07) is 2.98. The van der Waals surface area contributed by atoms with Crippen molar-refractivity contribution in [1.82, 2.24) is 20.2 Å². The van der Waals surface area contributed by atoms with Crippen LogP contribution in [0.1, 0.15) is 41.9 Å². The van der Waals surface area contributed by atoms with Crippen LogP contribution in [-0.2, 0) is 4.79 Å². The van der Waals surface area contributed by atoms with Crippen molar-refractivity contribution >= 4 is 56.5 Å². The van der Waals surface area contributed by atoms with Crippen molar-refractivity contribution in [2.45, 2.75) is 45.8 Å². The van der Waals surface area contributed by atoms with Gasteiger partial charge >= 0.3 is 6.03 Å². The number of anilines is 3. The minimum atomic E-state index is -0.393. The predicted octanol–water partition coefficient (Wildman–Crippen LogP) is 4.38. The van der Waals surface area contributed by atoms with Crippen molar-refractivity contribution in [2.24, 2.45) is 0 Å². The molecular weight excluding hydrogens is 492 g/mol. The van der Waals surface area contributed by atoms with Gasteiger partial charge in [-0.25, -0.2) is 14.8 Å². The number of pyridine rings is 2. The molecule has 37 heavy (non-hydrogen) atoms. The van der Waals surface area contributed by atoms with Gasteiger partial charge in [0.2, 0.25) is 11.8 Å². The maximum atomic E-state index is 13.4. The number of ether oxygens (including phenoxy) is 1. The smallest absolute Gasteiger partial charge is 0.331 e. The lowest BCUT2D eigenvalue weighted by Crippen LogP contribution is -2.49. The summed E-state index contributed by atoms with van der Waals surface area (Å²) in [5, 5.41) is 6.65. The third kappa shape index (κ3) is 4.62. The molecule has 0 aromatic carbocycles. The van der Waals surface area contributed by atoms with E-state index in [9.17, 15) is 14.4 Å². The van der Waals surface area contributed by atoms with Gasteiger partial charge in [0.15, 0.2) is 0 Å². The van der Waals surface area contributed by atoms with Gasteiger partial charge in [0.05, 0.1) is 34.7 Å². The standard InChI is InChI=1S/C26H28N6O4S/c1-5-20(33)31-10-6-7-16(13-31)29-24(34)23-22-21-17(8-9-27-25(21)37-23)32(26(35)30-22)18-12-28-19(11-15(18)4)36-14(2)3/h5,8-9,11-12,14,16H,1,6-7,10,13H2,2-4H3,(H,29,34)(H,30,35)/t16-/m1/s1. The van der Waals surface area contributed by atoms with Crippen LogP contribution in [0.25, 0.3) is 10.2 Å². The minimum Gasteiger partial charge on any atom is -0.475 e. The Morgan fingerprint density at radius 3 is 2.86 bits per heavy atom. The molecular formula is C26H28N6O4S. The summed E-state index contributed by atoms with van der Waals surface area (Å²) in [7, 11) is 0. The highest BCUT2D eigenvalue weighted by Crippen LogP contribution is 2.46. The summed E-state index contributed by atoms with van der Waals surface area (Å²) in [5.41, 5.74) is 2.50. The van der Waals surface area contributed by atoms with Gasteiger partial charge in [-0.15, -0.1) is 11.3 Å². The van der Waals surface area contributed by atoms with E-state index in [1.54, 1.807) is 34.3 Å². The van der Waals surface area contributed by atoms with Crippen molar-refractivity contribution in [1.29, 1.82) is 0 Å². The number of carbonyl (C=O) groups is 3. The second-order valence-electron chi connectivity index (χ2n) is 9.36. The van der Waals surface area contributed by atoms with E-state index in [-0.39, 0.29) is 24.0 Å². The van der Waals surface area contributed by atoms with Crippen LogP contribution in [0.5, 0.6) is 5.88 Å². The highest BCUT2D eigenvalue weighted by Gasteiger charge is 2.34. The lowest BCUT2D eigenvalue weighted by molar-refractivity contribution is -0.127. The summed E-state index contributed by atoms with van der Waals surface area (Å²) in [6.45, 7) is 10.4. The fourth-order valence-electron chi connectivity index (χ4n) is 4.72. The van der Waals surface area contributed by atoms with Crippen LogP contribution in [0.2, 0.25) is 0 Å². The minimum absolute atomic E-state index is 0.0204. The van der Waals surface area contributed by atoms with Gasteiger partial charge < -0.3 is 20.3 Å². The zero-order valence-corrected chi connectivity index (χ0v) is 21.7. The number of aryl methyl sites for hydroxylation is 1. The van der Waals surface area contributed by atoms with E-state index in [0.717, 1.165) is 18.4 Å². The van der Waals surface area contributed by atoms with E-state index < -0.39 is 6.03 Å². The molecule has 0 spiro atoms. The zero-order valence-electron chi connectivity index (χ0n) is 20.9. The Morgan fingerprint density at radius 2 is 2.14 bits per heavy atom.